The average molecular weight is 220 g/mol. The molecule has 0 aromatic carbocycles. The van der Waals surface area contributed by atoms with Crippen molar-refractivity contribution in [3.05, 3.63) is 11.6 Å². The normalized spacial score (nSPS) is 11.5. The fourth-order valence-electron chi connectivity index (χ4n) is 0.189. The van der Waals surface area contributed by atoms with Crippen LogP contribution in [0.2, 0.25) is 0 Å². The van der Waals surface area contributed by atoms with E-state index in [1.165, 1.54) is 0 Å². The SMILES string of the molecule is CC(C)(C)C=CCl.[Ru]. The minimum absolute atomic E-state index is 0. The predicted molar refractivity (Wildman–Crippen MR) is 34.4 cm³/mol. The van der Waals surface area contributed by atoms with E-state index >= 15 is 0 Å². The molecule has 0 aromatic heterocycles. The first-order valence-electron chi connectivity index (χ1n) is 2.34. The van der Waals surface area contributed by atoms with E-state index in [9.17, 15) is 0 Å². The Kier molecular flexibility index (Phi) is 6.48. The van der Waals surface area contributed by atoms with Crippen molar-refractivity contribution in [1.82, 2.24) is 0 Å². The molecule has 0 unspecified atom stereocenters. The van der Waals surface area contributed by atoms with Crippen LogP contribution in [0.5, 0.6) is 0 Å². The maximum absolute atomic E-state index is 5.31. The summed E-state index contributed by atoms with van der Waals surface area (Å²) in [5, 5.41) is 0. The predicted octanol–water partition coefficient (Wildman–Crippen LogP) is 2.78. The Balaban J connectivity index is 0. The van der Waals surface area contributed by atoms with Crippen LogP contribution >= 0.6 is 11.6 Å². The van der Waals surface area contributed by atoms with Gasteiger partial charge >= 0.3 is 0 Å². The Bertz CT molecular complexity index is 71.1. The second-order valence-corrected chi connectivity index (χ2v) is 2.91. The molecule has 50 valence electrons. The molecule has 0 saturated heterocycles. The molecule has 0 aliphatic heterocycles. The number of halogens is 1. The van der Waals surface area contributed by atoms with E-state index in [0.29, 0.717) is 0 Å². The van der Waals surface area contributed by atoms with Crippen LogP contribution in [0.4, 0.5) is 0 Å². The summed E-state index contributed by atoms with van der Waals surface area (Å²) in [5.41, 5.74) is 1.79. The summed E-state index contributed by atoms with van der Waals surface area (Å²) in [4.78, 5) is 0. The third-order valence-corrected chi connectivity index (χ3v) is 0.689. The van der Waals surface area contributed by atoms with E-state index < -0.39 is 0 Å². The van der Waals surface area contributed by atoms with Crippen molar-refractivity contribution >= 4 is 11.6 Å². The molecule has 0 atom stereocenters. The van der Waals surface area contributed by atoms with Crippen LogP contribution in [0.1, 0.15) is 20.8 Å². The van der Waals surface area contributed by atoms with Crippen LogP contribution in [0.3, 0.4) is 0 Å². The van der Waals surface area contributed by atoms with Crippen LogP contribution < -0.4 is 0 Å². The van der Waals surface area contributed by atoms with Gasteiger partial charge in [0.15, 0.2) is 0 Å². The summed E-state index contributed by atoms with van der Waals surface area (Å²) in [6, 6.07) is 0. The molecule has 8 heavy (non-hydrogen) atoms. The fraction of sp³-hybridized carbons (Fsp3) is 0.667. The first-order valence-corrected chi connectivity index (χ1v) is 2.78. The quantitative estimate of drug-likeness (QED) is 0.550. The number of hydrogen-bond donors (Lipinski definition) is 0. The monoisotopic (exact) mass is 220 g/mol. The smallest absolute Gasteiger partial charge is 0.000774 e. The van der Waals surface area contributed by atoms with Gasteiger partial charge in [0.1, 0.15) is 0 Å². The maximum Gasteiger partial charge on any atom is 0.000774 e. The van der Waals surface area contributed by atoms with Crippen LogP contribution in [0, 0.1) is 5.41 Å². The topological polar surface area (TPSA) is 0 Å². The Morgan fingerprint density at radius 3 is 1.62 bits per heavy atom. The van der Waals surface area contributed by atoms with Gasteiger partial charge < -0.3 is 0 Å². The average Bonchev–Trinajstić information content (AvgIpc) is 1.30. The van der Waals surface area contributed by atoms with E-state index in [4.69, 9.17) is 11.6 Å². The zero-order valence-electron chi connectivity index (χ0n) is 5.39. The van der Waals surface area contributed by atoms with Gasteiger partial charge in [0.2, 0.25) is 0 Å². The molecule has 0 rings (SSSR count). The molecule has 0 nitrogen and oxygen atoms in total. The minimum atomic E-state index is 0. The van der Waals surface area contributed by atoms with Gasteiger partial charge in [-0.2, -0.15) is 0 Å². The van der Waals surface area contributed by atoms with Gasteiger partial charge in [-0.25, -0.2) is 0 Å². The second kappa shape index (κ2) is 4.52. The molecule has 0 bridgehead atoms. The van der Waals surface area contributed by atoms with Crippen LogP contribution in [-0.2, 0) is 19.5 Å². The molecule has 0 amide bonds. The molecule has 0 aromatic rings. The van der Waals surface area contributed by atoms with Gasteiger partial charge in [-0.05, 0) is 5.41 Å². The molecule has 0 saturated carbocycles. The minimum Gasteiger partial charge on any atom is -0.0933 e. The summed E-state index contributed by atoms with van der Waals surface area (Å²) in [6.45, 7) is 6.31. The van der Waals surface area contributed by atoms with Gasteiger partial charge in [-0.1, -0.05) is 38.4 Å². The van der Waals surface area contributed by atoms with Gasteiger partial charge in [-0.15, -0.1) is 0 Å². The Morgan fingerprint density at radius 1 is 1.25 bits per heavy atom. The van der Waals surface area contributed by atoms with Crippen LogP contribution in [-0.4, -0.2) is 0 Å². The molecule has 0 aliphatic rings. The largest absolute Gasteiger partial charge is 0.0933 e. The molecule has 0 N–H and O–H groups in total. The third-order valence-electron chi connectivity index (χ3n) is 0.563. The molecule has 0 radical (unpaired) electrons. The van der Waals surface area contributed by atoms with Crippen LogP contribution in [0.15, 0.2) is 11.6 Å². The van der Waals surface area contributed by atoms with E-state index in [1.807, 2.05) is 6.08 Å². The zero-order valence-corrected chi connectivity index (χ0v) is 7.88. The first-order chi connectivity index (χ1) is 3.06. The van der Waals surface area contributed by atoms with E-state index in [2.05, 4.69) is 20.8 Å². The van der Waals surface area contributed by atoms with E-state index in [1.54, 1.807) is 5.54 Å². The molecular formula is C6H11ClRu. The molecule has 0 heterocycles. The van der Waals surface area contributed by atoms with E-state index in [-0.39, 0.29) is 24.9 Å². The van der Waals surface area contributed by atoms with Crippen molar-refractivity contribution < 1.29 is 19.5 Å². The van der Waals surface area contributed by atoms with Crippen molar-refractivity contribution in [2.24, 2.45) is 5.41 Å². The standard InChI is InChI=1S/C6H11Cl.Ru/c1-6(2,3)4-5-7;/h4-5H,1-3H3;. The van der Waals surface area contributed by atoms with Gasteiger partial charge in [-0.3, -0.25) is 0 Å². The molecule has 0 aliphatic carbocycles. The number of hydrogen-bond acceptors (Lipinski definition) is 0. The summed E-state index contributed by atoms with van der Waals surface area (Å²) in [5.74, 6) is 0. The van der Waals surface area contributed by atoms with Crippen molar-refractivity contribution in [3.8, 4) is 0 Å². The Labute approximate surface area is 69.1 Å². The van der Waals surface area contributed by atoms with Gasteiger partial charge in [0, 0.05) is 25.0 Å². The van der Waals surface area contributed by atoms with Gasteiger partial charge in [0.05, 0.1) is 0 Å². The third kappa shape index (κ3) is 9.82. The summed E-state index contributed by atoms with van der Waals surface area (Å²) < 4.78 is 0. The Hall–Kier alpha value is 0.653. The van der Waals surface area contributed by atoms with Crippen molar-refractivity contribution in [3.63, 3.8) is 0 Å². The fourth-order valence-corrected chi connectivity index (χ4v) is 0.567. The summed E-state index contributed by atoms with van der Waals surface area (Å²) in [6.07, 6.45) is 1.95. The number of rotatable bonds is 0. The molecule has 0 fully saturated rings. The molecule has 2 heteroatoms. The molecule has 0 spiro atoms. The molecular weight excluding hydrogens is 209 g/mol. The van der Waals surface area contributed by atoms with Crippen molar-refractivity contribution in [2.75, 3.05) is 0 Å². The van der Waals surface area contributed by atoms with Crippen molar-refractivity contribution in [1.29, 1.82) is 0 Å². The van der Waals surface area contributed by atoms with Crippen LogP contribution in [0.25, 0.3) is 0 Å². The summed E-state index contributed by atoms with van der Waals surface area (Å²) in [7, 11) is 0. The second-order valence-electron chi connectivity index (χ2n) is 2.66. The maximum atomic E-state index is 5.31. The Morgan fingerprint density at radius 2 is 1.62 bits per heavy atom. The van der Waals surface area contributed by atoms with Gasteiger partial charge in [0.25, 0.3) is 0 Å². The zero-order chi connectivity index (χ0) is 5.91. The van der Waals surface area contributed by atoms with Crippen molar-refractivity contribution in [2.45, 2.75) is 20.8 Å². The van der Waals surface area contributed by atoms with E-state index in [0.717, 1.165) is 0 Å². The number of allylic oxidation sites excluding steroid dienone is 1. The first kappa shape index (κ1) is 11.5. The summed E-state index contributed by atoms with van der Waals surface area (Å²) >= 11 is 5.31.